The van der Waals surface area contributed by atoms with Crippen molar-refractivity contribution in [2.75, 3.05) is 27.9 Å². The molecule has 0 unspecified atom stereocenters. The Morgan fingerprint density at radius 3 is 2.34 bits per heavy atom. The molecule has 0 spiro atoms. The number of benzene rings is 2. The molecule has 2 aromatic carbocycles. The molecule has 154 valence electrons. The van der Waals surface area contributed by atoms with Gasteiger partial charge in [-0.15, -0.1) is 0 Å². The zero-order valence-corrected chi connectivity index (χ0v) is 16.1. The number of hydrogen-bond donors (Lipinski definition) is 0. The maximum Gasteiger partial charge on any atom is 0.387 e. The molecule has 0 fully saturated rings. The van der Waals surface area contributed by atoms with Crippen LogP contribution in [0.1, 0.15) is 11.1 Å². The lowest BCUT2D eigenvalue weighted by Gasteiger charge is -2.19. The van der Waals surface area contributed by atoms with E-state index in [9.17, 15) is 13.6 Å². The van der Waals surface area contributed by atoms with Crippen molar-refractivity contribution in [2.45, 2.75) is 13.2 Å². The lowest BCUT2D eigenvalue weighted by atomic mass is 10.2. The summed E-state index contributed by atoms with van der Waals surface area (Å²) in [5.74, 6) is 0.421. The van der Waals surface area contributed by atoms with E-state index < -0.39 is 6.61 Å². The van der Waals surface area contributed by atoms with Crippen molar-refractivity contribution in [1.82, 2.24) is 4.90 Å². The molecule has 2 rings (SSSR count). The second-order valence-electron chi connectivity index (χ2n) is 5.88. The number of alkyl halides is 2. The van der Waals surface area contributed by atoms with Gasteiger partial charge in [0.05, 0.1) is 25.9 Å². The van der Waals surface area contributed by atoms with Crippen molar-refractivity contribution in [1.29, 1.82) is 5.26 Å². The number of halogens is 2. The summed E-state index contributed by atoms with van der Waals surface area (Å²) in [4.78, 5) is 13.8. The maximum absolute atomic E-state index is 12.4. The summed E-state index contributed by atoms with van der Waals surface area (Å²) in [6.07, 6.45) is 0. The number of carbonyl (C=O) groups excluding carboxylic acids is 1. The van der Waals surface area contributed by atoms with Crippen LogP contribution in [0.15, 0.2) is 36.4 Å². The third-order valence-electron chi connectivity index (χ3n) is 3.93. The first-order valence-electron chi connectivity index (χ1n) is 8.44. The Morgan fingerprint density at radius 2 is 1.72 bits per heavy atom. The van der Waals surface area contributed by atoms with Crippen LogP contribution in [0.3, 0.4) is 0 Å². The summed E-state index contributed by atoms with van der Waals surface area (Å²) < 4.78 is 44.9. The van der Waals surface area contributed by atoms with Crippen molar-refractivity contribution in [3.05, 3.63) is 47.5 Å². The first-order chi connectivity index (χ1) is 13.9. The van der Waals surface area contributed by atoms with Crippen molar-refractivity contribution >= 4 is 5.91 Å². The highest BCUT2D eigenvalue weighted by atomic mass is 19.3. The summed E-state index contributed by atoms with van der Waals surface area (Å²) in [5, 5.41) is 8.92. The molecule has 1 amide bonds. The van der Waals surface area contributed by atoms with Gasteiger partial charge in [-0.1, -0.05) is 6.07 Å². The number of hydrogen-bond acceptors (Lipinski definition) is 6. The van der Waals surface area contributed by atoms with Gasteiger partial charge >= 0.3 is 6.61 Å². The minimum Gasteiger partial charge on any atom is -0.493 e. The normalized spacial score (nSPS) is 10.2. The molecule has 0 saturated carbocycles. The molecule has 0 atom stereocenters. The van der Waals surface area contributed by atoms with Crippen LogP contribution >= 0.6 is 0 Å². The van der Waals surface area contributed by atoms with Gasteiger partial charge in [-0.25, -0.2) is 0 Å². The van der Waals surface area contributed by atoms with E-state index in [2.05, 4.69) is 4.74 Å². The molecule has 0 saturated heterocycles. The fraction of sp³-hybridized carbons (Fsp3) is 0.300. The fourth-order valence-electron chi connectivity index (χ4n) is 2.47. The molecule has 0 heterocycles. The first-order valence-corrected chi connectivity index (χ1v) is 8.44. The third kappa shape index (κ3) is 5.97. The van der Waals surface area contributed by atoms with E-state index in [0.29, 0.717) is 22.6 Å². The molecule has 0 aromatic heterocycles. The summed E-state index contributed by atoms with van der Waals surface area (Å²) in [7, 11) is 4.36. The minimum atomic E-state index is -2.96. The van der Waals surface area contributed by atoms with Gasteiger partial charge in [0, 0.05) is 19.7 Å². The monoisotopic (exact) mass is 406 g/mol. The average Bonchev–Trinajstić information content (AvgIpc) is 2.72. The Labute approximate surface area is 167 Å². The van der Waals surface area contributed by atoms with Crippen molar-refractivity contribution in [2.24, 2.45) is 0 Å². The number of nitrogens with zero attached hydrogens (tertiary/aromatic N) is 2. The first kappa shape index (κ1) is 21.8. The molecule has 29 heavy (non-hydrogen) atoms. The van der Waals surface area contributed by atoms with Crippen LogP contribution in [0.2, 0.25) is 0 Å². The zero-order chi connectivity index (χ0) is 21.4. The number of ether oxygens (including phenoxy) is 4. The fourth-order valence-corrected chi connectivity index (χ4v) is 2.47. The van der Waals surface area contributed by atoms with Crippen LogP contribution in [0, 0.1) is 11.3 Å². The van der Waals surface area contributed by atoms with E-state index in [1.165, 1.54) is 37.3 Å². The van der Waals surface area contributed by atoms with Gasteiger partial charge < -0.3 is 23.8 Å². The van der Waals surface area contributed by atoms with E-state index in [-0.39, 0.29) is 30.6 Å². The molecule has 0 aliphatic rings. The SMILES string of the molecule is COc1cc(C#N)ccc1OCC(=O)N(C)Cc1ccc(OC(F)F)c(OC)c1. The number of carbonyl (C=O) groups is 1. The molecule has 0 aliphatic carbocycles. The second-order valence-corrected chi connectivity index (χ2v) is 5.88. The van der Waals surface area contributed by atoms with Crippen LogP contribution < -0.4 is 18.9 Å². The van der Waals surface area contributed by atoms with Crippen LogP contribution in [-0.2, 0) is 11.3 Å². The highest BCUT2D eigenvalue weighted by Gasteiger charge is 2.15. The van der Waals surface area contributed by atoms with Gasteiger partial charge in [-0.05, 0) is 29.8 Å². The highest BCUT2D eigenvalue weighted by Crippen LogP contribution is 2.30. The number of amides is 1. The quantitative estimate of drug-likeness (QED) is 0.636. The Hall–Kier alpha value is -3.54. The standard InChI is InChI=1S/C20H20F2N2O5/c1-24(11-14-5-7-16(29-20(21)22)18(9-14)27-3)19(25)12-28-15-6-4-13(10-23)8-17(15)26-2/h4-9,20H,11-12H2,1-3H3. The van der Waals surface area contributed by atoms with Gasteiger partial charge in [0.1, 0.15) is 0 Å². The molecule has 7 nitrogen and oxygen atoms in total. The number of likely N-dealkylation sites (N-methyl/N-ethyl adjacent to an activating group) is 1. The van der Waals surface area contributed by atoms with Crippen molar-refractivity contribution in [3.8, 4) is 29.1 Å². The number of nitriles is 1. The summed E-state index contributed by atoms with van der Waals surface area (Å²) in [6.45, 7) is -3.00. The van der Waals surface area contributed by atoms with Crippen LogP contribution in [-0.4, -0.2) is 45.3 Å². The molecular weight excluding hydrogens is 386 g/mol. The van der Waals surface area contributed by atoms with E-state index in [0.717, 1.165) is 0 Å². The summed E-state index contributed by atoms with van der Waals surface area (Å²) in [5.41, 5.74) is 1.07. The Bertz CT molecular complexity index is 899. The number of methoxy groups -OCH3 is 2. The van der Waals surface area contributed by atoms with Gasteiger partial charge in [0.15, 0.2) is 29.6 Å². The van der Waals surface area contributed by atoms with Crippen molar-refractivity contribution < 1.29 is 32.5 Å². The minimum absolute atomic E-state index is 0.0866. The third-order valence-corrected chi connectivity index (χ3v) is 3.93. The predicted molar refractivity (Wildman–Crippen MR) is 99.3 cm³/mol. The van der Waals surface area contributed by atoms with E-state index in [1.54, 1.807) is 25.2 Å². The molecule has 0 bridgehead atoms. The van der Waals surface area contributed by atoms with E-state index >= 15 is 0 Å². The average molecular weight is 406 g/mol. The Morgan fingerprint density at radius 1 is 1.07 bits per heavy atom. The van der Waals surface area contributed by atoms with E-state index in [1.807, 2.05) is 6.07 Å². The van der Waals surface area contributed by atoms with Crippen molar-refractivity contribution in [3.63, 3.8) is 0 Å². The smallest absolute Gasteiger partial charge is 0.387 e. The van der Waals surface area contributed by atoms with Gasteiger partial charge in [-0.3, -0.25) is 4.79 Å². The Kier molecular flexibility index (Phi) is 7.60. The lowest BCUT2D eigenvalue weighted by molar-refractivity contribution is -0.132. The van der Waals surface area contributed by atoms with E-state index in [4.69, 9.17) is 19.5 Å². The van der Waals surface area contributed by atoms with Gasteiger partial charge in [0.2, 0.25) is 0 Å². The topological polar surface area (TPSA) is 81.0 Å². The van der Waals surface area contributed by atoms with Crippen LogP contribution in [0.4, 0.5) is 8.78 Å². The van der Waals surface area contributed by atoms with Crippen LogP contribution in [0.5, 0.6) is 23.0 Å². The molecule has 0 radical (unpaired) electrons. The molecule has 2 aromatic rings. The molecule has 0 aliphatic heterocycles. The molecule has 9 heteroatoms. The highest BCUT2D eigenvalue weighted by molar-refractivity contribution is 5.77. The zero-order valence-electron chi connectivity index (χ0n) is 16.1. The van der Waals surface area contributed by atoms with Gasteiger partial charge in [0.25, 0.3) is 5.91 Å². The largest absolute Gasteiger partial charge is 0.493 e. The van der Waals surface area contributed by atoms with Crippen LogP contribution in [0.25, 0.3) is 0 Å². The molecule has 0 N–H and O–H groups in total. The maximum atomic E-state index is 12.4. The predicted octanol–water partition coefficient (Wildman–Crippen LogP) is 3.21. The lowest BCUT2D eigenvalue weighted by Crippen LogP contribution is -2.31. The molecular formula is C20H20F2N2O5. The second kappa shape index (κ2) is 10.1. The summed E-state index contributed by atoms with van der Waals surface area (Å²) >= 11 is 0. The Balaban J connectivity index is 2.00. The van der Waals surface area contributed by atoms with Gasteiger partial charge in [-0.2, -0.15) is 14.0 Å². The summed E-state index contributed by atoms with van der Waals surface area (Å²) in [6, 6.07) is 11.1. The number of rotatable bonds is 9.